The van der Waals surface area contributed by atoms with Crippen molar-refractivity contribution in [2.24, 2.45) is 0 Å². The van der Waals surface area contributed by atoms with E-state index in [0.717, 1.165) is 18.7 Å². The van der Waals surface area contributed by atoms with E-state index in [1.54, 1.807) is 17.0 Å². The van der Waals surface area contributed by atoms with E-state index in [1.807, 2.05) is 13.0 Å². The third-order valence-electron chi connectivity index (χ3n) is 4.36. The van der Waals surface area contributed by atoms with Gasteiger partial charge in [-0.05, 0) is 18.6 Å². The smallest absolute Gasteiger partial charge is 0.328 e. The maximum Gasteiger partial charge on any atom is 0.328 e. The van der Waals surface area contributed by atoms with E-state index < -0.39 is 6.03 Å². The van der Waals surface area contributed by atoms with E-state index in [-0.39, 0.29) is 37.2 Å². The fraction of sp³-hybridized carbons (Fsp3) is 0.471. The number of benzene rings is 1. The van der Waals surface area contributed by atoms with Crippen LogP contribution >= 0.6 is 12.4 Å². The molecule has 2 N–H and O–H groups in total. The van der Waals surface area contributed by atoms with Crippen molar-refractivity contribution in [1.82, 2.24) is 15.5 Å². The van der Waals surface area contributed by atoms with Crippen molar-refractivity contribution >= 4 is 35.9 Å². The maximum absolute atomic E-state index is 12.2. The van der Waals surface area contributed by atoms with Crippen molar-refractivity contribution in [3.63, 3.8) is 0 Å². The number of urea groups is 1. The summed E-state index contributed by atoms with van der Waals surface area (Å²) in [7, 11) is 0. The molecule has 0 radical (unpaired) electrons. The van der Waals surface area contributed by atoms with Crippen LogP contribution in [0.4, 0.5) is 10.5 Å². The van der Waals surface area contributed by atoms with Gasteiger partial charge in [0.1, 0.15) is 5.75 Å². The average Bonchev–Trinajstić information content (AvgIpc) is 2.62. The minimum Gasteiger partial charge on any atom is -0.484 e. The number of imide groups is 1. The Balaban J connectivity index is 0.00000243. The van der Waals surface area contributed by atoms with Crippen LogP contribution in [0.25, 0.3) is 0 Å². The summed E-state index contributed by atoms with van der Waals surface area (Å²) < 4.78 is 5.63. The molecule has 1 aromatic rings. The van der Waals surface area contributed by atoms with Crippen molar-refractivity contribution in [1.29, 1.82) is 0 Å². The molecule has 0 unspecified atom stereocenters. The van der Waals surface area contributed by atoms with Gasteiger partial charge >= 0.3 is 6.03 Å². The number of hydrogen-bond donors (Lipinski definition) is 2. The molecule has 2 aliphatic heterocycles. The first-order valence-electron chi connectivity index (χ1n) is 8.38. The van der Waals surface area contributed by atoms with Gasteiger partial charge in [-0.3, -0.25) is 19.8 Å². The van der Waals surface area contributed by atoms with Gasteiger partial charge in [0.05, 0.1) is 5.69 Å². The topological polar surface area (TPSA) is 91.0 Å². The Morgan fingerprint density at radius 3 is 2.62 bits per heavy atom. The molecule has 9 heteroatoms. The molecule has 0 aliphatic carbocycles. The Labute approximate surface area is 158 Å². The summed E-state index contributed by atoms with van der Waals surface area (Å²) in [4.78, 5) is 38.8. The van der Waals surface area contributed by atoms with Crippen LogP contribution in [0.15, 0.2) is 18.2 Å². The Bertz CT molecular complexity index is 691. The summed E-state index contributed by atoms with van der Waals surface area (Å²) >= 11 is 0. The van der Waals surface area contributed by atoms with Crippen LogP contribution in [0.2, 0.25) is 0 Å². The summed E-state index contributed by atoms with van der Waals surface area (Å²) in [6, 6.07) is 4.91. The van der Waals surface area contributed by atoms with Gasteiger partial charge in [-0.1, -0.05) is 6.07 Å². The van der Waals surface area contributed by atoms with Gasteiger partial charge in [-0.15, -0.1) is 12.4 Å². The zero-order valence-electron chi connectivity index (χ0n) is 14.6. The highest BCUT2D eigenvalue weighted by Crippen LogP contribution is 2.27. The van der Waals surface area contributed by atoms with Crippen molar-refractivity contribution in [3.05, 3.63) is 23.8 Å². The minimum atomic E-state index is -0.437. The highest BCUT2D eigenvalue weighted by Gasteiger charge is 2.25. The third kappa shape index (κ3) is 4.64. The number of piperazine rings is 1. The number of aryl methyl sites for hydroxylation is 1. The summed E-state index contributed by atoms with van der Waals surface area (Å²) in [5.74, 6) is 0.201. The van der Waals surface area contributed by atoms with Crippen molar-refractivity contribution in [2.75, 3.05) is 44.2 Å². The van der Waals surface area contributed by atoms with Crippen LogP contribution in [-0.2, 0) is 9.59 Å². The first-order chi connectivity index (χ1) is 12.0. The Hall–Kier alpha value is -2.32. The molecule has 142 valence electrons. The molecule has 4 amide bonds. The summed E-state index contributed by atoms with van der Waals surface area (Å²) in [5, 5.41) is 5.51. The lowest BCUT2D eigenvalue weighted by Crippen LogP contribution is -2.49. The van der Waals surface area contributed by atoms with Gasteiger partial charge < -0.3 is 15.0 Å². The van der Waals surface area contributed by atoms with Crippen LogP contribution < -0.4 is 20.3 Å². The highest BCUT2D eigenvalue weighted by atomic mass is 35.5. The van der Waals surface area contributed by atoms with E-state index in [1.165, 1.54) is 4.90 Å². The van der Waals surface area contributed by atoms with E-state index in [0.29, 0.717) is 31.1 Å². The summed E-state index contributed by atoms with van der Waals surface area (Å²) in [5.41, 5.74) is 1.57. The van der Waals surface area contributed by atoms with Crippen LogP contribution in [0.3, 0.4) is 0 Å². The molecular weight excluding hydrogens is 360 g/mol. The van der Waals surface area contributed by atoms with E-state index in [4.69, 9.17) is 4.74 Å². The molecule has 2 fully saturated rings. The average molecular weight is 383 g/mol. The Kier molecular flexibility index (Phi) is 6.82. The van der Waals surface area contributed by atoms with Crippen molar-refractivity contribution in [2.45, 2.75) is 13.3 Å². The predicted octanol–water partition coefficient (Wildman–Crippen LogP) is 0.674. The molecule has 0 aromatic heterocycles. The van der Waals surface area contributed by atoms with Gasteiger partial charge in [-0.25, -0.2) is 4.79 Å². The van der Waals surface area contributed by atoms with Gasteiger partial charge in [0, 0.05) is 45.2 Å². The second kappa shape index (κ2) is 8.86. The third-order valence-corrected chi connectivity index (χ3v) is 4.36. The molecule has 2 aliphatic rings. The largest absolute Gasteiger partial charge is 0.484 e. The first kappa shape index (κ1) is 20.0. The lowest BCUT2D eigenvalue weighted by atomic mass is 10.1. The van der Waals surface area contributed by atoms with Gasteiger partial charge in [-0.2, -0.15) is 0 Å². The SMILES string of the molecule is Cc1ccc(OCC(=O)N2CCNCC2)cc1N1CCC(=O)NC1=O.Cl. The monoisotopic (exact) mass is 382 g/mol. The molecule has 26 heavy (non-hydrogen) atoms. The van der Waals surface area contributed by atoms with Crippen molar-refractivity contribution in [3.8, 4) is 5.75 Å². The van der Waals surface area contributed by atoms with Gasteiger partial charge in [0.25, 0.3) is 5.91 Å². The Morgan fingerprint density at radius 2 is 1.92 bits per heavy atom. The quantitative estimate of drug-likeness (QED) is 0.798. The molecular formula is C17H23ClN4O4. The number of carbonyl (C=O) groups is 3. The number of halogens is 1. The summed E-state index contributed by atoms with van der Waals surface area (Å²) in [6.45, 7) is 5.13. The fourth-order valence-corrected chi connectivity index (χ4v) is 2.91. The van der Waals surface area contributed by atoms with Crippen molar-refractivity contribution < 1.29 is 19.1 Å². The first-order valence-corrected chi connectivity index (χ1v) is 8.38. The second-order valence-corrected chi connectivity index (χ2v) is 6.12. The molecule has 0 atom stereocenters. The minimum absolute atomic E-state index is 0. The Morgan fingerprint density at radius 1 is 1.19 bits per heavy atom. The number of hydrogen-bond acceptors (Lipinski definition) is 5. The van der Waals surface area contributed by atoms with Gasteiger partial charge in [0.2, 0.25) is 5.91 Å². The number of nitrogens with zero attached hydrogens (tertiary/aromatic N) is 2. The standard InChI is InChI=1S/C17H22N4O4.ClH/c1-12-2-3-13(25-11-16(23)20-8-5-18-6-9-20)10-14(12)21-7-4-15(22)19-17(21)24;/h2-3,10,18H,4-9,11H2,1H3,(H,19,22,24);1H. The zero-order valence-corrected chi connectivity index (χ0v) is 15.4. The molecule has 3 rings (SSSR count). The van der Waals surface area contributed by atoms with Gasteiger partial charge in [0.15, 0.2) is 6.61 Å². The lowest BCUT2D eigenvalue weighted by molar-refractivity contribution is -0.133. The van der Waals surface area contributed by atoms with Crippen LogP contribution in [0, 0.1) is 6.92 Å². The highest BCUT2D eigenvalue weighted by molar-refractivity contribution is 6.06. The molecule has 0 bridgehead atoms. The second-order valence-electron chi connectivity index (χ2n) is 6.12. The molecule has 8 nitrogen and oxygen atoms in total. The zero-order chi connectivity index (χ0) is 17.8. The van der Waals surface area contributed by atoms with Crippen LogP contribution in [0.1, 0.15) is 12.0 Å². The maximum atomic E-state index is 12.2. The molecule has 0 saturated carbocycles. The number of anilines is 1. The molecule has 2 saturated heterocycles. The fourth-order valence-electron chi connectivity index (χ4n) is 2.91. The van der Waals surface area contributed by atoms with E-state index in [9.17, 15) is 14.4 Å². The number of nitrogens with one attached hydrogen (secondary N) is 2. The number of ether oxygens (including phenoxy) is 1. The van der Waals surface area contributed by atoms with E-state index in [2.05, 4.69) is 10.6 Å². The summed E-state index contributed by atoms with van der Waals surface area (Å²) in [6.07, 6.45) is 0.262. The number of amides is 4. The number of rotatable bonds is 4. The van der Waals surface area contributed by atoms with E-state index >= 15 is 0 Å². The lowest BCUT2D eigenvalue weighted by Gasteiger charge is -2.28. The molecule has 2 heterocycles. The molecule has 1 aromatic carbocycles. The normalized spacial score (nSPS) is 17.4. The molecule has 0 spiro atoms. The number of carbonyl (C=O) groups excluding carboxylic acids is 3. The predicted molar refractivity (Wildman–Crippen MR) is 98.9 cm³/mol. The van der Waals surface area contributed by atoms with Crippen LogP contribution in [0.5, 0.6) is 5.75 Å². The van der Waals surface area contributed by atoms with Crippen LogP contribution in [-0.4, -0.2) is 62.1 Å².